The summed E-state index contributed by atoms with van der Waals surface area (Å²) in [6.07, 6.45) is 4.33. The SMILES string of the molecule is COCC1=C(c2ccccc2)c2nccnc2C1. The Labute approximate surface area is 106 Å². The molecule has 0 radical (unpaired) electrons. The minimum Gasteiger partial charge on any atom is -0.380 e. The zero-order valence-corrected chi connectivity index (χ0v) is 10.3. The van der Waals surface area contributed by atoms with Gasteiger partial charge >= 0.3 is 0 Å². The topological polar surface area (TPSA) is 35.0 Å². The zero-order valence-electron chi connectivity index (χ0n) is 10.3. The Kier molecular flexibility index (Phi) is 2.90. The molecule has 3 nitrogen and oxygen atoms in total. The van der Waals surface area contributed by atoms with Gasteiger partial charge < -0.3 is 4.74 Å². The van der Waals surface area contributed by atoms with Crippen LogP contribution >= 0.6 is 0 Å². The molecule has 3 heteroatoms. The average molecular weight is 238 g/mol. The standard InChI is InChI=1S/C15H14N2O/c1-18-10-12-9-13-15(17-8-7-16-13)14(12)11-5-3-2-4-6-11/h2-8H,9-10H2,1H3. The molecule has 0 fully saturated rings. The highest BCUT2D eigenvalue weighted by atomic mass is 16.5. The van der Waals surface area contributed by atoms with Gasteiger partial charge in [-0.25, -0.2) is 0 Å². The van der Waals surface area contributed by atoms with E-state index in [0.717, 1.165) is 17.8 Å². The molecule has 0 bridgehead atoms. The van der Waals surface area contributed by atoms with Crippen molar-refractivity contribution in [3.8, 4) is 0 Å². The Balaban J connectivity index is 2.14. The second-order valence-corrected chi connectivity index (χ2v) is 4.31. The molecule has 0 atom stereocenters. The molecule has 1 aromatic heterocycles. The fraction of sp³-hybridized carbons (Fsp3) is 0.200. The van der Waals surface area contributed by atoms with E-state index in [-0.39, 0.29) is 0 Å². The highest BCUT2D eigenvalue weighted by molar-refractivity contribution is 5.84. The van der Waals surface area contributed by atoms with E-state index in [1.807, 2.05) is 18.2 Å². The first-order chi connectivity index (χ1) is 8.90. The Morgan fingerprint density at radius 3 is 2.67 bits per heavy atom. The lowest BCUT2D eigenvalue weighted by atomic mass is 10.0. The highest BCUT2D eigenvalue weighted by Gasteiger charge is 2.24. The lowest BCUT2D eigenvalue weighted by Crippen LogP contribution is -1.97. The third-order valence-electron chi connectivity index (χ3n) is 3.13. The van der Waals surface area contributed by atoms with E-state index < -0.39 is 0 Å². The van der Waals surface area contributed by atoms with Crippen LogP contribution in [0.1, 0.15) is 17.0 Å². The van der Waals surface area contributed by atoms with Crippen LogP contribution in [0.5, 0.6) is 0 Å². The summed E-state index contributed by atoms with van der Waals surface area (Å²) in [5.74, 6) is 0. The maximum Gasteiger partial charge on any atom is 0.0927 e. The summed E-state index contributed by atoms with van der Waals surface area (Å²) < 4.78 is 5.30. The molecule has 0 saturated heterocycles. The summed E-state index contributed by atoms with van der Waals surface area (Å²) in [4.78, 5) is 8.88. The van der Waals surface area contributed by atoms with Gasteiger partial charge in [0.25, 0.3) is 0 Å². The predicted molar refractivity (Wildman–Crippen MR) is 70.1 cm³/mol. The lowest BCUT2D eigenvalue weighted by Gasteiger charge is -2.07. The molecule has 18 heavy (non-hydrogen) atoms. The van der Waals surface area contributed by atoms with E-state index in [0.29, 0.717) is 6.61 Å². The minimum atomic E-state index is 0.627. The molecule has 0 spiro atoms. The number of nitrogens with zero attached hydrogens (tertiary/aromatic N) is 2. The molecule has 3 rings (SSSR count). The van der Waals surface area contributed by atoms with Crippen molar-refractivity contribution >= 4 is 5.57 Å². The Bertz CT molecular complexity index is 590. The Hall–Kier alpha value is -2.00. The highest BCUT2D eigenvalue weighted by Crippen LogP contribution is 2.34. The fourth-order valence-electron chi connectivity index (χ4n) is 2.41. The molecule has 0 amide bonds. The van der Waals surface area contributed by atoms with Gasteiger partial charge in [0.15, 0.2) is 0 Å². The monoisotopic (exact) mass is 238 g/mol. The number of benzene rings is 1. The van der Waals surface area contributed by atoms with Crippen molar-refractivity contribution in [1.29, 1.82) is 0 Å². The Morgan fingerprint density at radius 1 is 1.11 bits per heavy atom. The molecule has 1 heterocycles. The van der Waals surface area contributed by atoms with E-state index in [1.54, 1.807) is 19.5 Å². The van der Waals surface area contributed by atoms with Gasteiger partial charge in [0, 0.05) is 31.5 Å². The number of ether oxygens (including phenoxy) is 1. The van der Waals surface area contributed by atoms with E-state index in [4.69, 9.17) is 4.74 Å². The summed E-state index contributed by atoms with van der Waals surface area (Å²) >= 11 is 0. The lowest BCUT2D eigenvalue weighted by molar-refractivity contribution is 0.225. The van der Waals surface area contributed by atoms with Crippen molar-refractivity contribution < 1.29 is 4.74 Å². The molecular formula is C15H14N2O. The number of methoxy groups -OCH3 is 1. The summed E-state index contributed by atoms with van der Waals surface area (Å²) in [5.41, 5.74) is 5.66. The average Bonchev–Trinajstić information content (AvgIpc) is 2.78. The van der Waals surface area contributed by atoms with Crippen molar-refractivity contribution in [2.24, 2.45) is 0 Å². The molecule has 90 valence electrons. The van der Waals surface area contributed by atoms with Gasteiger partial charge in [-0.3, -0.25) is 9.97 Å². The van der Waals surface area contributed by atoms with Crippen LogP contribution in [-0.2, 0) is 11.2 Å². The van der Waals surface area contributed by atoms with Crippen LogP contribution in [-0.4, -0.2) is 23.7 Å². The van der Waals surface area contributed by atoms with Crippen LogP contribution in [0.25, 0.3) is 5.57 Å². The van der Waals surface area contributed by atoms with Gasteiger partial charge in [0.05, 0.1) is 18.0 Å². The van der Waals surface area contributed by atoms with Gasteiger partial charge in [0.1, 0.15) is 0 Å². The largest absolute Gasteiger partial charge is 0.380 e. The quantitative estimate of drug-likeness (QED) is 0.824. The van der Waals surface area contributed by atoms with Crippen LogP contribution in [0, 0.1) is 0 Å². The summed E-state index contributed by atoms with van der Waals surface area (Å²) in [5, 5.41) is 0. The van der Waals surface area contributed by atoms with E-state index in [2.05, 4.69) is 22.1 Å². The van der Waals surface area contributed by atoms with Crippen LogP contribution in [0.3, 0.4) is 0 Å². The molecule has 1 aromatic carbocycles. The molecule has 0 saturated carbocycles. The van der Waals surface area contributed by atoms with Crippen LogP contribution in [0.4, 0.5) is 0 Å². The molecular weight excluding hydrogens is 224 g/mol. The fourth-order valence-corrected chi connectivity index (χ4v) is 2.41. The van der Waals surface area contributed by atoms with Crippen molar-refractivity contribution in [3.05, 3.63) is 65.2 Å². The number of hydrogen-bond acceptors (Lipinski definition) is 3. The first-order valence-corrected chi connectivity index (χ1v) is 5.97. The van der Waals surface area contributed by atoms with Gasteiger partial charge in [-0.15, -0.1) is 0 Å². The van der Waals surface area contributed by atoms with Gasteiger partial charge in [-0.2, -0.15) is 0 Å². The maximum absolute atomic E-state index is 5.30. The minimum absolute atomic E-state index is 0.627. The zero-order chi connectivity index (χ0) is 12.4. The second kappa shape index (κ2) is 4.70. The van der Waals surface area contributed by atoms with Gasteiger partial charge in [-0.1, -0.05) is 30.3 Å². The van der Waals surface area contributed by atoms with Crippen LogP contribution in [0.15, 0.2) is 48.3 Å². The predicted octanol–water partition coefficient (Wildman–Crippen LogP) is 2.48. The molecule has 0 N–H and O–H groups in total. The number of fused-ring (bicyclic) bond motifs is 1. The van der Waals surface area contributed by atoms with Crippen molar-refractivity contribution in [2.45, 2.75) is 6.42 Å². The maximum atomic E-state index is 5.30. The third kappa shape index (κ3) is 1.83. The van der Waals surface area contributed by atoms with Crippen LogP contribution in [0.2, 0.25) is 0 Å². The van der Waals surface area contributed by atoms with Crippen molar-refractivity contribution in [2.75, 3.05) is 13.7 Å². The Morgan fingerprint density at radius 2 is 1.89 bits per heavy atom. The number of rotatable bonds is 3. The molecule has 1 aliphatic rings. The van der Waals surface area contributed by atoms with Crippen molar-refractivity contribution in [1.82, 2.24) is 9.97 Å². The first kappa shape index (κ1) is 11.1. The first-order valence-electron chi connectivity index (χ1n) is 5.97. The molecule has 2 aromatic rings. The molecule has 1 aliphatic carbocycles. The van der Waals surface area contributed by atoms with Crippen LogP contribution < -0.4 is 0 Å². The van der Waals surface area contributed by atoms with Gasteiger partial charge in [-0.05, 0) is 11.1 Å². The molecule has 0 aliphatic heterocycles. The van der Waals surface area contributed by atoms with E-state index in [1.165, 1.54) is 16.7 Å². The smallest absolute Gasteiger partial charge is 0.0927 e. The van der Waals surface area contributed by atoms with Gasteiger partial charge in [0.2, 0.25) is 0 Å². The molecule has 0 unspecified atom stereocenters. The normalized spacial score (nSPS) is 13.8. The van der Waals surface area contributed by atoms with E-state index >= 15 is 0 Å². The summed E-state index contributed by atoms with van der Waals surface area (Å²) in [6, 6.07) is 10.3. The number of hydrogen-bond donors (Lipinski definition) is 0. The third-order valence-corrected chi connectivity index (χ3v) is 3.13. The summed E-state index contributed by atoms with van der Waals surface area (Å²) in [7, 11) is 1.72. The number of aromatic nitrogens is 2. The van der Waals surface area contributed by atoms with E-state index in [9.17, 15) is 0 Å². The van der Waals surface area contributed by atoms with Crippen molar-refractivity contribution in [3.63, 3.8) is 0 Å². The summed E-state index contributed by atoms with van der Waals surface area (Å²) in [6.45, 7) is 0.627. The second-order valence-electron chi connectivity index (χ2n) is 4.31.